The van der Waals surface area contributed by atoms with Gasteiger partial charge in [-0.25, -0.2) is 4.98 Å². The molecule has 3 aromatic carbocycles. The minimum absolute atomic E-state index is 0.0827. The zero-order chi connectivity index (χ0) is 17.9. The summed E-state index contributed by atoms with van der Waals surface area (Å²) in [4.78, 5) is 20.3. The Morgan fingerprint density at radius 1 is 1.00 bits per heavy atom. The average molecular weight is 341 g/mol. The predicted octanol–water partition coefficient (Wildman–Crippen LogP) is 4.47. The third-order valence-electron chi connectivity index (χ3n) is 4.35. The molecule has 1 heterocycles. The molecule has 0 radical (unpaired) electrons. The number of amides is 1. The van der Waals surface area contributed by atoms with Gasteiger partial charge >= 0.3 is 0 Å². The van der Waals surface area contributed by atoms with Crippen LogP contribution in [0.1, 0.15) is 21.5 Å². The van der Waals surface area contributed by atoms with Gasteiger partial charge < -0.3 is 10.3 Å². The molecule has 4 rings (SSSR count). The quantitative estimate of drug-likeness (QED) is 0.575. The lowest BCUT2D eigenvalue weighted by Crippen LogP contribution is -2.22. The van der Waals surface area contributed by atoms with E-state index in [9.17, 15) is 4.79 Å². The first-order valence-corrected chi connectivity index (χ1v) is 8.58. The highest BCUT2D eigenvalue weighted by Gasteiger charge is 2.08. The fraction of sp³-hybridized carbons (Fsp3) is 0.0909. The number of imidazole rings is 1. The molecule has 0 aliphatic heterocycles. The molecule has 0 saturated heterocycles. The minimum Gasteiger partial charge on any atom is -0.348 e. The van der Waals surface area contributed by atoms with Crippen molar-refractivity contribution in [3.63, 3.8) is 0 Å². The van der Waals surface area contributed by atoms with Crippen LogP contribution in [0.3, 0.4) is 0 Å². The molecule has 0 bridgehead atoms. The highest BCUT2D eigenvalue weighted by Crippen LogP contribution is 2.21. The topological polar surface area (TPSA) is 57.8 Å². The summed E-state index contributed by atoms with van der Waals surface area (Å²) >= 11 is 0. The molecular weight excluding hydrogens is 322 g/mol. The molecule has 0 aliphatic rings. The van der Waals surface area contributed by atoms with Crippen LogP contribution >= 0.6 is 0 Å². The monoisotopic (exact) mass is 341 g/mol. The van der Waals surface area contributed by atoms with Crippen LogP contribution < -0.4 is 5.32 Å². The summed E-state index contributed by atoms with van der Waals surface area (Å²) in [6.07, 6.45) is 0. The van der Waals surface area contributed by atoms with Crippen LogP contribution in [0.25, 0.3) is 22.4 Å². The van der Waals surface area contributed by atoms with E-state index in [0.717, 1.165) is 28.0 Å². The summed E-state index contributed by atoms with van der Waals surface area (Å²) in [5.41, 5.74) is 5.82. The van der Waals surface area contributed by atoms with Crippen molar-refractivity contribution in [2.75, 3.05) is 0 Å². The second-order valence-electron chi connectivity index (χ2n) is 6.35. The molecule has 4 nitrogen and oxygen atoms in total. The van der Waals surface area contributed by atoms with E-state index in [4.69, 9.17) is 0 Å². The molecule has 0 aliphatic carbocycles. The predicted molar refractivity (Wildman–Crippen MR) is 104 cm³/mol. The first-order chi connectivity index (χ1) is 12.7. The van der Waals surface area contributed by atoms with E-state index in [1.165, 1.54) is 5.56 Å². The van der Waals surface area contributed by atoms with Gasteiger partial charge in [0.2, 0.25) is 0 Å². The van der Waals surface area contributed by atoms with Crippen LogP contribution in [0.4, 0.5) is 0 Å². The summed E-state index contributed by atoms with van der Waals surface area (Å²) in [6, 6.07) is 23.5. The number of carbonyl (C=O) groups is 1. The number of nitrogens with zero attached hydrogens (tertiary/aromatic N) is 1. The zero-order valence-corrected chi connectivity index (χ0v) is 14.5. The Hall–Kier alpha value is -3.40. The fourth-order valence-corrected chi connectivity index (χ4v) is 2.92. The van der Waals surface area contributed by atoms with Gasteiger partial charge in [0, 0.05) is 17.7 Å². The van der Waals surface area contributed by atoms with Crippen LogP contribution in [0.2, 0.25) is 0 Å². The Bertz CT molecular complexity index is 1050. The van der Waals surface area contributed by atoms with E-state index >= 15 is 0 Å². The fourth-order valence-electron chi connectivity index (χ4n) is 2.92. The van der Waals surface area contributed by atoms with Crippen molar-refractivity contribution in [1.29, 1.82) is 0 Å². The van der Waals surface area contributed by atoms with E-state index in [0.29, 0.717) is 12.1 Å². The summed E-state index contributed by atoms with van der Waals surface area (Å²) in [7, 11) is 0. The molecule has 1 aromatic heterocycles. The van der Waals surface area contributed by atoms with Gasteiger partial charge in [0.15, 0.2) is 0 Å². The van der Waals surface area contributed by atoms with Crippen molar-refractivity contribution >= 4 is 16.9 Å². The van der Waals surface area contributed by atoms with Crippen LogP contribution in [0, 0.1) is 6.92 Å². The third kappa shape index (κ3) is 3.35. The van der Waals surface area contributed by atoms with Crippen molar-refractivity contribution < 1.29 is 4.79 Å². The van der Waals surface area contributed by atoms with Crippen molar-refractivity contribution in [2.24, 2.45) is 0 Å². The summed E-state index contributed by atoms with van der Waals surface area (Å²) in [6.45, 7) is 2.58. The largest absolute Gasteiger partial charge is 0.348 e. The molecule has 1 amide bonds. The first-order valence-electron chi connectivity index (χ1n) is 8.58. The van der Waals surface area contributed by atoms with E-state index in [2.05, 4.69) is 28.3 Å². The molecule has 26 heavy (non-hydrogen) atoms. The van der Waals surface area contributed by atoms with E-state index in [1.54, 1.807) is 0 Å². The molecule has 2 N–H and O–H groups in total. The molecule has 4 heteroatoms. The van der Waals surface area contributed by atoms with Crippen LogP contribution in [0.5, 0.6) is 0 Å². The van der Waals surface area contributed by atoms with Gasteiger partial charge in [-0.3, -0.25) is 4.79 Å². The lowest BCUT2D eigenvalue weighted by Gasteiger charge is -2.06. The molecular formula is C22H19N3O. The highest BCUT2D eigenvalue weighted by atomic mass is 16.1. The summed E-state index contributed by atoms with van der Waals surface area (Å²) in [5.74, 6) is 0.725. The van der Waals surface area contributed by atoms with Crippen molar-refractivity contribution in [1.82, 2.24) is 15.3 Å². The zero-order valence-electron chi connectivity index (χ0n) is 14.5. The molecule has 4 aromatic rings. The third-order valence-corrected chi connectivity index (χ3v) is 4.35. The summed E-state index contributed by atoms with van der Waals surface area (Å²) in [5, 5.41) is 2.94. The Labute approximate surface area is 151 Å². The number of aromatic nitrogens is 2. The van der Waals surface area contributed by atoms with Gasteiger partial charge in [0.1, 0.15) is 5.82 Å². The van der Waals surface area contributed by atoms with Gasteiger partial charge in [0.25, 0.3) is 5.91 Å². The molecule has 0 saturated carbocycles. The number of rotatable bonds is 4. The van der Waals surface area contributed by atoms with Gasteiger partial charge in [-0.05, 0) is 42.3 Å². The Morgan fingerprint density at radius 3 is 2.54 bits per heavy atom. The number of aryl methyl sites for hydroxylation is 1. The maximum atomic E-state index is 12.3. The Morgan fingerprint density at radius 2 is 1.77 bits per heavy atom. The van der Waals surface area contributed by atoms with Crippen molar-refractivity contribution in [3.8, 4) is 11.4 Å². The number of hydrogen-bond donors (Lipinski definition) is 2. The Balaban J connectivity index is 1.49. The molecule has 0 atom stereocenters. The number of H-pyrrole nitrogens is 1. The maximum absolute atomic E-state index is 12.3. The maximum Gasteiger partial charge on any atom is 0.251 e. The van der Waals surface area contributed by atoms with Gasteiger partial charge in [0.05, 0.1) is 11.0 Å². The SMILES string of the molecule is Cc1ccc2nc(-c3ccc(C(=O)NCc4ccccc4)cc3)[nH]c2c1. The lowest BCUT2D eigenvalue weighted by molar-refractivity contribution is 0.0951. The number of hydrogen-bond acceptors (Lipinski definition) is 2. The lowest BCUT2D eigenvalue weighted by atomic mass is 10.1. The normalized spacial score (nSPS) is 10.8. The number of nitrogens with one attached hydrogen (secondary N) is 2. The molecule has 128 valence electrons. The van der Waals surface area contributed by atoms with Gasteiger partial charge in [-0.15, -0.1) is 0 Å². The first kappa shape index (κ1) is 16.1. The standard InChI is InChI=1S/C22H19N3O/c1-15-7-12-19-20(13-15)25-21(24-19)17-8-10-18(11-9-17)22(26)23-14-16-5-3-2-4-6-16/h2-13H,14H2,1H3,(H,23,26)(H,24,25). The van der Waals surface area contributed by atoms with Crippen LogP contribution in [0.15, 0.2) is 72.8 Å². The number of aromatic amines is 1. The highest BCUT2D eigenvalue weighted by molar-refractivity contribution is 5.94. The Kier molecular flexibility index (Phi) is 4.23. The number of fused-ring (bicyclic) bond motifs is 1. The van der Waals surface area contributed by atoms with E-state index < -0.39 is 0 Å². The summed E-state index contributed by atoms with van der Waals surface area (Å²) < 4.78 is 0. The van der Waals surface area contributed by atoms with E-state index in [-0.39, 0.29) is 5.91 Å². The number of carbonyl (C=O) groups excluding carboxylic acids is 1. The van der Waals surface area contributed by atoms with E-state index in [1.807, 2.05) is 66.7 Å². The van der Waals surface area contributed by atoms with Crippen LogP contribution in [-0.4, -0.2) is 15.9 Å². The van der Waals surface area contributed by atoms with Crippen molar-refractivity contribution in [2.45, 2.75) is 13.5 Å². The van der Waals surface area contributed by atoms with Gasteiger partial charge in [-0.2, -0.15) is 0 Å². The average Bonchev–Trinajstić information content (AvgIpc) is 3.10. The molecule has 0 fully saturated rings. The van der Waals surface area contributed by atoms with Gasteiger partial charge in [-0.1, -0.05) is 48.5 Å². The minimum atomic E-state index is -0.0827. The van der Waals surface area contributed by atoms with Crippen LogP contribution in [-0.2, 0) is 6.54 Å². The number of benzene rings is 3. The molecule has 0 unspecified atom stereocenters. The second-order valence-corrected chi connectivity index (χ2v) is 6.35. The smallest absolute Gasteiger partial charge is 0.251 e. The molecule has 0 spiro atoms. The second kappa shape index (κ2) is 6.84. The van der Waals surface area contributed by atoms with Crippen molar-refractivity contribution in [3.05, 3.63) is 89.5 Å².